The molecule has 2 N–H and O–H groups in total. The Morgan fingerprint density at radius 2 is 2.06 bits per heavy atom. The van der Waals surface area contributed by atoms with Crippen LogP contribution >= 0.6 is 0 Å². The molecule has 0 radical (unpaired) electrons. The quantitative estimate of drug-likeness (QED) is 0.708. The summed E-state index contributed by atoms with van der Waals surface area (Å²) in [5.41, 5.74) is 1.80. The van der Waals surface area contributed by atoms with E-state index in [1.165, 1.54) is 0 Å². The summed E-state index contributed by atoms with van der Waals surface area (Å²) < 4.78 is 0. The number of hydrogen-bond donors (Lipinski definition) is 2. The second kappa shape index (κ2) is 6.89. The van der Waals surface area contributed by atoms with Gasteiger partial charge in [-0.2, -0.15) is 0 Å². The molecule has 0 saturated heterocycles. The molecule has 3 heteroatoms. The molecule has 0 heterocycles. The first-order chi connectivity index (χ1) is 8.21. The highest BCUT2D eigenvalue weighted by molar-refractivity contribution is 5.51. The van der Waals surface area contributed by atoms with Gasteiger partial charge in [0, 0.05) is 25.2 Å². The number of rotatable bonds is 7. The van der Waals surface area contributed by atoms with Crippen molar-refractivity contribution in [3.05, 3.63) is 48.6 Å². The molecule has 3 nitrogen and oxygen atoms in total. The van der Waals surface area contributed by atoms with E-state index in [0.29, 0.717) is 19.6 Å². The van der Waals surface area contributed by atoms with Gasteiger partial charge in [0.05, 0.1) is 6.61 Å². The molecule has 0 bridgehead atoms. The first-order valence-electron chi connectivity index (χ1n) is 5.59. The predicted octanol–water partition coefficient (Wildman–Crippen LogP) is 2.02. The first kappa shape index (κ1) is 13.5. The van der Waals surface area contributed by atoms with E-state index in [1.54, 1.807) is 18.2 Å². The van der Waals surface area contributed by atoms with Crippen molar-refractivity contribution in [2.75, 3.05) is 19.7 Å². The van der Waals surface area contributed by atoms with Crippen molar-refractivity contribution >= 4 is 6.08 Å². The van der Waals surface area contributed by atoms with Crippen LogP contribution in [0.5, 0.6) is 5.75 Å². The van der Waals surface area contributed by atoms with Gasteiger partial charge in [-0.1, -0.05) is 24.8 Å². The van der Waals surface area contributed by atoms with Crippen molar-refractivity contribution in [2.45, 2.75) is 6.54 Å². The number of phenolic OH excluding ortho intramolecular Hbond substituents is 1. The van der Waals surface area contributed by atoms with Crippen LogP contribution in [0.15, 0.2) is 37.4 Å². The molecule has 0 saturated carbocycles. The maximum absolute atomic E-state index is 9.77. The minimum Gasteiger partial charge on any atom is -0.508 e. The summed E-state index contributed by atoms with van der Waals surface area (Å²) in [6.07, 6.45) is 3.52. The molecule has 1 rings (SSSR count). The standard InChI is InChI=1S/C14H19NO2/c1-3-7-15(8-9-16)11-13-10-12(4-2)5-6-14(13)17/h3-6,10,16-17H,1-2,7-9,11H2. The van der Waals surface area contributed by atoms with E-state index in [-0.39, 0.29) is 12.4 Å². The van der Waals surface area contributed by atoms with Crippen LogP contribution in [0, 0.1) is 0 Å². The highest BCUT2D eigenvalue weighted by atomic mass is 16.3. The van der Waals surface area contributed by atoms with Gasteiger partial charge >= 0.3 is 0 Å². The third-order valence-corrected chi connectivity index (χ3v) is 2.54. The molecule has 92 valence electrons. The van der Waals surface area contributed by atoms with Crippen molar-refractivity contribution in [3.8, 4) is 5.75 Å². The SMILES string of the molecule is C=CCN(CCO)Cc1cc(C=C)ccc1O. The first-order valence-corrected chi connectivity index (χ1v) is 5.59. The summed E-state index contributed by atoms with van der Waals surface area (Å²) >= 11 is 0. The molecule has 0 aromatic heterocycles. The second-order valence-electron chi connectivity index (χ2n) is 3.84. The van der Waals surface area contributed by atoms with E-state index < -0.39 is 0 Å². The Morgan fingerprint density at radius 1 is 1.29 bits per heavy atom. The Hall–Kier alpha value is -1.58. The Kier molecular flexibility index (Phi) is 5.46. The molecule has 0 amide bonds. The maximum atomic E-state index is 9.77. The summed E-state index contributed by atoms with van der Waals surface area (Å²) in [6.45, 7) is 9.30. The minimum absolute atomic E-state index is 0.0930. The van der Waals surface area contributed by atoms with Gasteiger partial charge in [-0.3, -0.25) is 4.90 Å². The number of hydrogen-bond acceptors (Lipinski definition) is 3. The van der Waals surface area contributed by atoms with Crippen molar-refractivity contribution in [1.29, 1.82) is 0 Å². The van der Waals surface area contributed by atoms with E-state index in [1.807, 2.05) is 17.0 Å². The van der Waals surface area contributed by atoms with Crippen molar-refractivity contribution in [3.63, 3.8) is 0 Å². The zero-order valence-electron chi connectivity index (χ0n) is 9.97. The monoisotopic (exact) mass is 233 g/mol. The Balaban J connectivity index is 2.83. The lowest BCUT2D eigenvalue weighted by Gasteiger charge is -2.20. The fourth-order valence-corrected chi connectivity index (χ4v) is 1.66. The van der Waals surface area contributed by atoms with E-state index in [2.05, 4.69) is 13.2 Å². The highest BCUT2D eigenvalue weighted by Crippen LogP contribution is 2.20. The number of aliphatic hydroxyl groups is 1. The average molecular weight is 233 g/mol. The lowest BCUT2D eigenvalue weighted by atomic mass is 10.1. The fraction of sp³-hybridized carbons (Fsp3) is 0.286. The molecule has 17 heavy (non-hydrogen) atoms. The molecular weight excluding hydrogens is 214 g/mol. The minimum atomic E-state index is 0.0930. The fourth-order valence-electron chi connectivity index (χ4n) is 1.66. The zero-order chi connectivity index (χ0) is 12.7. The average Bonchev–Trinajstić information content (AvgIpc) is 2.32. The van der Waals surface area contributed by atoms with E-state index in [9.17, 15) is 5.11 Å². The van der Waals surface area contributed by atoms with Crippen LogP contribution in [-0.4, -0.2) is 34.8 Å². The summed E-state index contributed by atoms with van der Waals surface area (Å²) in [4.78, 5) is 2.01. The van der Waals surface area contributed by atoms with E-state index >= 15 is 0 Å². The predicted molar refractivity (Wildman–Crippen MR) is 70.8 cm³/mol. The summed E-state index contributed by atoms with van der Waals surface area (Å²) in [6, 6.07) is 5.38. The molecule has 0 aliphatic heterocycles. The van der Waals surface area contributed by atoms with Gasteiger partial charge in [0.2, 0.25) is 0 Å². The van der Waals surface area contributed by atoms with Gasteiger partial charge in [-0.15, -0.1) is 6.58 Å². The Morgan fingerprint density at radius 3 is 2.65 bits per heavy atom. The van der Waals surface area contributed by atoms with Crippen LogP contribution in [0.4, 0.5) is 0 Å². The van der Waals surface area contributed by atoms with Crippen LogP contribution in [0.3, 0.4) is 0 Å². The second-order valence-corrected chi connectivity index (χ2v) is 3.84. The lowest BCUT2D eigenvalue weighted by Crippen LogP contribution is -2.26. The highest BCUT2D eigenvalue weighted by Gasteiger charge is 2.07. The smallest absolute Gasteiger partial charge is 0.120 e. The normalized spacial score (nSPS) is 10.5. The Bertz CT molecular complexity index is 388. The van der Waals surface area contributed by atoms with E-state index in [4.69, 9.17) is 5.11 Å². The topological polar surface area (TPSA) is 43.7 Å². The summed E-state index contributed by atoms with van der Waals surface area (Å²) in [7, 11) is 0. The molecule has 0 aliphatic carbocycles. The third kappa shape index (κ3) is 4.06. The molecule has 0 unspecified atom stereocenters. The van der Waals surface area contributed by atoms with Crippen LogP contribution in [0.2, 0.25) is 0 Å². The molecule has 0 aliphatic rings. The van der Waals surface area contributed by atoms with Crippen molar-refractivity contribution < 1.29 is 10.2 Å². The van der Waals surface area contributed by atoms with Crippen LogP contribution < -0.4 is 0 Å². The number of benzene rings is 1. The van der Waals surface area contributed by atoms with Gasteiger partial charge in [0.25, 0.3) is 0 Å². The third-order valence-electron chi connectivity index (χ3n) is 2.54. The summed E-state index contributed by atoms with van der Waals surface area (Å²) in [5, 5.41) is 18.7. The number of aliphatic hydroxyl groups excluding tert-OH is 1. The molecule has 0 atom stereocenters. The van der Waals surface area contributed by atoms with Gasteiger partial charge < -0.3 is 10.2 Å². The van der Waals surface area contributed by atoms with Gasteiger partial charge in [-0.05, 0) is 17.7 Å². The van der Waals surface area contributed by atoms with Gasteiger partial charge in [0.15, 0.2) is 0 Å². The lowest BCUT2D eigenvalue weighted by molar-refractivity contribution is 0.202. The van der Waals surface area contributed by atoms with Crippen LogP contribution in [-0.2, 0) is 6.54 Å². The van der Waals surface area contributed by atoms with Crippen molar-refractivity contribution in [2.24, 2.45) is 0 Å². The summed E-state index contributed by atoms with van der Waals surface area (Å²) in [5.74, 6) is 0.266. The molecule has 1 aromatic rings. The maximum Gasteiger partial charge on any atom is 0.120 e. The number of aromatic hydroxyl groups is 1. The van der Waals surface area contributed by atoms with Gasteiger partial charge in [-0.25, -0.2) is 0 Å². The molecule has 1 aromatic carbocycles. The van der Waals surface area contributed by atoms with Gasteiger partial charge in [0.1, 0.15) is 5.75 Å². The number of nitrogens with zero attached hydrogens (tertiary/aromatic N) is 1. The molecule has 0 spiro atoms. The largest absolute Gasteiger partial charge is 0.508 e. The van der Waals surface area contributed by atoms with Crippen LogP contribution in [0.1, 0.15) is 11.1 Å². The molecule has 0 fully saturated rings. The van der Waals surface area contributed by atoms with E-state index in [0.717, 1.165) is 11.1 Å². The number of phenols is 1. The van der Waals surface area contributed by atoms with Crippen LogP contribution in [0.25, 0.3) is 6.08 Å². The Labute approximate surface area is 102 Å². The molecular formula is C14H19NO2. The van der Waals surface area contributed by atoms with Crippen molar-refractivity contribution in [1.82, 2.24) is 4.90 Å². The zero-order valence-corrected chi connectivity index (χ0v) is 9.97.